The van der Waals surface area contributed by atoms with E-state index in [1.807, 2.05) is 31.2 Å². The first-order valence-corrected chi connectivity index (χ1v) is 8.22. The monoisotopic (exact) mass is 339 g/mol. The molecule has 0 heterocycles. The Kier molecular flexibility index (Phi) is 7.52. The largest absolute Gasteiger partial charge is 0.353 e. The Bertz CT molecular complexity index is 495. The van der Waals surface area contributed by atoms with Crippen LogP contribution in [0.1, 0.15) is 49.3 Å². The molecule has 1 amide bonds. The van der Waals surface area contributed by atoms with Crippen LogP contribution in [-0.4, -0.2) is 37.0 Å². The maximum absolute atomic E-state index is 12.4. The van der Waals surface area contributed by atoms with Crippen molar-refractivity contribution in [2.45, 2.75) is 50.6 Å². The summed E-state index contributed by atoms with van der Waals surface area (Å²) in [5.41, 5.74) is 8.22. The van der Waals surface area contributed by atoms with Crippen molar-refractivity contribution in [3.05, 3.63) is 35.4 Å². The fourth-order valence-electron chi connectivity index (χ4n) is 3.28. The van der Waals surface area contributed by atoms with Crippen LogP contribution in [0.2, 0.25) is 0 Å². The van der Waals surface area contributed by atoms with Crippen LogP contribution < -0.4 is 11.1 Å². The lowest BCUT2D eigenvalue weighted by molar-refractivity contribution is -0.123. The topological polar surface area (TPSA) is 58.4 Å². The molecule has 0 bridgehead atoms. The summed E-state index contributed by atoms with van der Waals surface area (Å²) >= 11 is 0. The highest BCUT2D eigenvalue weighted by molar-refractivity contribution is 5.85. The number of nitrogens with two attached hydrogens (primary N) is 1. The lowest BCUT2D eigenvalue weighted by atomic mass is 9.80. The molecule has 1 aliphatic carbocycles. The van der Waals surface area contributed by atoms with Gasteiger partial charge in [-0.15, -0.1) is 12.4 Å². The lowest BCUT2D eigenvalue weighted by Gasteiger charge is -2.43. The van der Waals surface area contributed by atoms with Crippen LogP contribution in [0.5, 0.6) is 0 Å². The summed E-state index contributed by atoms with van der Waals surface area (Å²) in [6, 6.07) is 7.25. The molecule has 0 aliphatic heterocycles. The third kappa shape index (κ3) is 4.93. The summed E-state index contributed by atoms with van der Waals surface area (Å²) in [4.78, 5) is 14.6. The number of nitrogens with one attached hydrogen (secondary N) is 1. The summed E-state index contributed by atoms with van der Waals surface area (Å²) in [6.45, 7) is 2.71. The molecule has 5 heteroatoms. The molecule has 1 aliphatic rings. The predicted molar refractivity (Wildman–Crippen MR) is 97.9 cm³/mol. The quantitative estimate of drug-likeness (QED) is 0.867. The van der Waals surface area contributed by atoms with Crippen molar-refractivity contribution >= 4 is 18.3 Å². The molecular weight excluding hydrogens is 310 g/mol. The van der Waals surface area contributed by atoms with Gasteiger partial charge in [0.1, 0.15) is 6.04 Å². The zero-order valence-electron chi connectivity index (χ0n) is 14.5. The van der Waals surface area contributed by atoms with Crippen LogP contribution in [0.4, 0.5) is 0 Å². The molecule has 0 saturated heterocycles. The second kappa shape index (κ2) is 8.67. The SMILES string of the molecule is Cc1ccc(C(N)C(=O)NCC2(N(C)C)CCCCC2)cc1.Cl. The van der Waals surface area contributed by atoms with Gasteiger partial charge in [-0.3, -0.25) is 4.79 Å². The van der Waals surface area contributed by atoms with E-state index in [4.69, 9.17) is 5.73 Å². The highest BCUT2D eigenvalue weighted by Crippen LogP contribution is 2.31. The summed E-state index contributed by atoms with van der Waals surface area (Å²) < 4.78 is 0. The molecule has 0 spiro atoms. The second-order valence-corrected chi connectivity index (χ2v) is 6.79. The van der Waals surface area contributed by atoms with Crippen molar-refractivity contribution in [1.29, 1.82) is 0 Å². The second-order valence-electron chi connectivity index (χ2n) is 6.79. The van der Waals surface area contributed by atoms with Crippen molar-refractivity contribution in [3.8, 4) is 0 Å². The number of halogens is 1. The van der Waals surface area contributed by atoms with E-state index in [2.05, 4.69) is 24.3 Å². The molecule has 1 aromatic rings. The van der Waals surface area contributed by atoms with Crippen molar-refractivity contribution < 1.29 is 4.79 Å². The minimum Gasteiger partial charge on any atom is -0.353 e. The van der Waals surface area contributed by atoms with Gasteiger partial charge in [-0.2, -0.15) is 0 Å². The highest BCUT2D eigenvalue weighted by Gasteiger charge is 2.34. The fraction of sp³-hybridized carbons (Fsp3) is 0.611. The first-order chi connectivity index (χ1) is 10.4. The molecule has 23 heavy (non-hydrogen) atoms. The van der Waals surface area contributed by atoms with E-state index in [0.29, 0.717) is 6.54 Å². The maximum atomic E-state index is 12.4. The normalized spacial score (nSPS) is 18.1. The Balaban J connectivity index is 0.00000264. The van der Waals surface area contributed by atoms with Crippen LogP contribution in [0.3, 0.4) is 0 Å². The first-order valence-electron chi connectivity index (χ1n) is 8.22. The average Bonchev–Trinajstić information content (AvgIpc) is 2.53. The van der Waals surface area contributed by atoms with E-state index in [0.717, 1.165) is 18.4 Å². The van der Waals surface area contributed by atoms with Crippen LogP contribution in [0, 0.1) is 6.92 Å². The molecule has 1 unspecified atom stereocenters. The molecule has 2 rings (SSSR count). The summed E-state index contributed by atoms with van der Waals surface area (Å²) in [6.07, 6.45) is 6.04. The molecular formula is C18H30ClN3O. The molecule has 0 aromatic heterocycles. The predicted octanol–water partition coefficient (Wildman–Crippen LogP) is 2.80. The van der Waals surface area contributed by atoms with Gasteiger partial charge in [-0.1, -0.05) is 49.1 Å². The maximum Gasteiger partial charge on any atom is 0.241 e. The Hall–Kier alpha value is -1.10. The Morgan fingerprint density at radius 2 is 1.78 bits per heavy atom. The third-order valence-corrected chi connectivity index (χ3v) is 5.04. The number of benzene rings is 1. The van der Waals surface area contributed by atoms with Gasteiger partial charge < -0.3 is 16.0 Å². The van der Waals surface area contributed by atoms with Gasteiger partial charge in [0.25, 0.3) is 0 Å². The van der Waals surface area contributed by atoms with Gasteiger partial charge in [-0.05, 0) is 39.4 Å². The van der Waals surface area contributed by atoms with Gasteiger partial charge >= 0.3 is 0 Å². The van der Waals surface area contributed by atoms with Crippen molar-refractivity contribution in [2.24, 2.45) is 5.73 Å². The Morgan fingerprint density at radius 1 is 1.22 bits per heavy atom. The number of carbonyl (C=O) groups excluding carboxylic acids is 1. The van der Waals surface area contributed by atoms with Crippen molar-refractivity contribution in [1.82, 2.24) is 10.2 Å². The van der Waals surface area contributed by atoms with E-state index in [-0.39, 0.29) is 23.9 Å². The van der Waals surface area contributed by atoms with E-state index < -0.39 is 6.04 Å². The Morgan fingerprint density at radius 3 is 2.30 bits per heavy atom. The van der Waals surface area contributed by atoms with Gasteiger partial charge in [0.05, 0.1) is 0 Å². The van der Waals surface area contributed by atoms with Crippen LogP contribution in [-0.2, 0) is 4.79 Å². The number of carbonyl (C=O) groups is 1. The summed E-state index contributed by atoms with van der Waals surface area (Å²) in [5, 5.41) is 3.08. The van der Waals surface area contributed by atoms with Crippen LogP contribution >= 0.6 is 12.4 Å². The standard InChI is InChI=1S/C18H29N3O.ClH/c1-14-7-9-15(10-8-14)16(19)17(22)20-13-18(21(2)3)11-5-4-6-12-18;/h7-10,16H,4-6,11-13,19H2,1-3H3,(H,20,22);1H. The third-order valence-electron chi connectivity index (χ3n) is 5.04. The molecule has 3 N–H and O–H groups in total. The van der Waals surface area contributed by atoms with Crippen molar-refractivity contribution in [3.63, 3.8) is 0 Å². The van der Waals surface area contributed by atoms with E-state index in [9.17, 15) is 4.79 Å². The number of likely N-dealkylation sites (N-methyl/N-ethyl adjacent to an activating group) is 1. The number of aryl methyl sites for hydroxylation is 1. The molecule has 4 nitrogen and oxygen atoms in total. The van der Waals surface area contributed by atoms with Gasteiger partial charge in [0.2, 0.25) is 5.91 Å². The minimum atomic E-state index is -0.594. The molecule has 1 saturated carbocycles. The lowest BCUT2D eigenvalue weighted by Crippen LogP contribution is -2.54. The molecule has 1 aromatic carbocycles. The van der Waals surface area contributed by atoms with Crippen molar-refractivity contribution in [2.75, 3.05) is 20.6 Å². The van der Waals surface area contributed by atoms with Gasteiger partial charge in [0.15, 0.2) is 0 Å². The average molecular weight is 340 g/mol. The van der Waals surface area contributed by atoms with E-state index in [1.54, 1.807) is 0 Å². The first kappa shape index (κ1) is 19.9. The van der Waals surface area contributed by atoms with E-state index >= 15 is 0 Å². The van der Waals surface area contributed by atoms with Crippen LogP contribution in [0.25, 0.3) is 0 Å². The smallest absolute Gasteiger partial charge is 0.241 e. The van der Waals surface area contributed by atoms with E-state index in [1.165, 1.54) is 24.8 Å². The zero-order chi connectivity index (χ0) is 16.2. The van der Waals surface area contributed by atoms with Gasteiger partial charge in [0, 0.05) is 12.1 Å². The van der Waals surface area contributed by atoms with Crippen LogP contribution in [0.15, 0.2) is 24.3 Å². The number of amides is 1. The zero-order valence-corrected chi connectivity index (χ0v) is 15.3. The summed E-state index contributed by atoms with van der Waals surface area (Å²) in [5.74, 6) is -0.0874. The number of rotatable bonds is 5. The number of hydrogen-bond donors (Lipinski definition) is 2. The molecule has 1 atom stereocenters. The minimum absolute atomic E-state index is 0. The molecule has 1 fully saturated rings. The number of nitrogens with zero attached hydrogens (tertiary/aromatic N) is 1. The fourth-order valence-corrected chi connectivity index (χ4v) is 3.28. The Labute approximate surface area is 146 Å². The summed E-state index contributed by atoms with van der Waals surface area (Å²) in [7, 11) is 4.22. The number of hydrogen-bond acceptors (Lipinski definition) is 3. The highest BCUT2D eigenvalue weighted by atomic mass is 35.5. The molecule has 0 radical (unpaired) electrons. The van der Waals surface area contributed by atoms with Gasteiger partial charge in [-0.25, -0.2) is 0 Å². The molecule has 130 valence electrons.